The predicted molar refractivity (Wildman–Crippen MR) is 142 cm³/mol. The van der Waals surface area contributed by atoms with E-state index in [9.17, 15) is 9.59 Å². The number of nitrogens with zero attached hydrogens (tertiary/aromatic N) is 4. The van der Waals surface area contributed by atoms with Gasteiger partial charge >= 0.3 is 0 Å². The lowest BCUT2D eigenvalue weighted by molar-refractivity contribution is -0.161. The van der Waals surface area contributed by atoms with Crippen molar-refractivity contribution in [3.8, 4) is 11.4 Å². The molecule has 1 aromatic heterocycles. The topological polar surface area (TPSA) is 88.8 Å². The van der Waals surface area contributed by atoms with Gasteiger partial charge in [0, 0.05) is 30.8 Å². The Labute approximate surface area is 229 Å². The number of likely N-dealkylation sites (tertiary alicyclic amines) is 1. The van der Waals surface area contributed by atoms with E-state index in [2.05, 4.69) is 10.1 Å². The highest BCUT2D eigenvalue weighted by atomic mass is 35.5. The lowest BCUT2D eigenvalue weighted by atomic mass is 9.49. The van der Waals surface area contributed by atoms with Crippen molar-refractivity contribution in [1.82, 2.24) is 19.9 Å². The number of halogens is 1. The Bertz CT molecular complexity index is 1130. The summed E-state index contributed by atoms with van der Waals surface area (Å²) < 4.78 is 11.0. The third-order valence-electron chi connectivity index (χ3n) is 9.32. The molecule has 1 saturated heterocycles. The minimum atomic E-state index is -0.288. The Morgan fingerprint density at radius 3 is 2.45 bits per heavy atom. The summed E-state index contributed by atoms with van der Waals surface area (Å²) in [5.74, 6) is 3.04. The van der Waals surface area contributed by atoms with Crippen LogP contribution < -0.4 is 0 Å². The van der Waals surface area contributed by atoms with Gasteiger partial charge in [-0.25, -0.2) is 0 Å². The predicted octanol–water partition coefficient (Wildman–Crippen LogP) is 5.14. The summed E-state index contributed by atoms with van der Waals surface area (Å²) in [6.07, 6.45) is 9.44. The molecular weight excluding hydrogens is 504 g/mol. The van der Waals surface area contributed by atoms with Crippen LogP contribution in [0.5, 0.6) is 0 Å². The fraction of sp³-hybridized carbons (Fsp3) is 0.655. The first-order valence-electron chi connectivity index (χ1n) is 14.1. The van der Waals surface area contributed by atoms with Gasteiger partial charge in [-0.2, -0.15) is 4.98 Å². The summed E-state index contributed by atoms with van der Waals surface area (Å²) in [5.41, 5.74) is 0.523. The van der Waals surface area contributed by atoms with Gasteiger partial charge in [-0.05, 0) is 99.8 Å². The van der Waals surface area contributed by atoms with E-state index in [-0.39, 0.29) is 29.8 Å². The van der Waals surface area contributed by atoms with Crippen LogP contribution in [0.1, 0.15) is 69.7 Å². The number of aromatic nitrogens is 2. The van der Waals surface area contributed by atoms with Crippen molar-refractivity contribution in [2.45, 2.75) is 63.8 Å². The van der Waals surface area contributed by atoms with Crippen molar-refractivity contribution < 1.29 is 18.8 Å². The molecule has 38 heavy (non-hydrogen) atoms. The summed E-state index contributed by atoms with van der Waals surface area (Å²) in [4.78, 5) is 36.2. The van der Waals surface area contributed by atoms with Gasteiger partial charge in [0.25, 0.3) is 0 Å². The Morgan fingerprint density at radius 2 is 1.79 bits per heavy atom. The first-order valence-corrected chi connectivity index (χ1v) is 14.5. The van der Waals surface area contributed by atoms with Crippen molar-refractivity contribution in [3.63, 3.8) is 0 Å². The first kappa shape index (κ1) is 25.8. The molecule has 5 aliphatic rings. The van der Waals surface area contributed by atoms with Crippen molar-refractivity contribution in [2.75, 3.05) is 33.4 Å². The number of ether oxygens (including phenoxy) is 1. The minimum absolute atomic E-state index is 0.0601. The molecule has 4 aliphatic carbocycles. The molecular formula is C29H37ClN4O4. The van der Waals surface area contributed by atoms with Gasteiger partial charge in [0.05, 0.1) is 18.6 Å². The molecule has 1 aliphatic heterocycles. The van der Waals surface area contributed by atoms with E-state index in [4.69, 9.17) is 20.9 Å². The molecule has 2 aromatic rings. The highest BCUT2D eigenvalue weighted by molar-refractivity contribution is 6.30. The smallest absolute Gasteiger partial charge is 0.249 e. The molecule has 1 aromatic carbocycles. The summed E-state index contributed by atoms with van der Waals surface area (Å²) in [6, 6.07) is 7.00. The monoisotopic (exact) mass is 540 g/mol. The lowest BCUT2D eigenvalue weighted by Gasteiger charge is -2.56. The normalized spacial score (nSPS) is 30.0. The Hall–Kier alpha value is -2.45. The van der Waals surface area contributed by atoms with Gasteiger partial charge in [0.2, 0.25) is 23.5 Å². The van der Waals surface area contributed by atoms with Crippen molar-refractivity contribution in [1.29, 1.82) is 0 Å². The van der Waals surface area contributed by atoms with Crippen LogP contribution in [0.4, 0.5) is 0 Å². The molecule has 2 amide bonds. The molecule has 4 saturated carbocycles. The Balaban J connectivity index is 1.19. The molecule has 1 atom stereocenters. The summed E-state index contributed by atoms with van der Waals surface area (Å²) in [5, 5.41) is 4.81. The zero-order valence-corrected chi connectivity index (χ0v) is 22.9. The van der Waals surface area contributed by atoms with E-state index < -0.39 is 0 Å². The number of hydrogen-bond acceptors (Lipinski definition) is 6. The maximum Gasteiger partial charge on any atom is 0.249 e. The van der Waals surface area contributed by atoms with Crippen LogP contribution in [-0.4, -0.2) is 65.1 Å². The third-order valence-corrected chi connectivity index (χ3v) is 9.57. The average Bonchev–Trinajstić information content (AvgIpc) is 3.40. The third kappa shape index (κ3) is 4.97. The van der Waals surface area contributed by atoms with E-state index >= 15 is 0 Å². The molecule has 1 unspecified atom stereocenters. The fourth-order valence-corrected chi connectivity index (χ4v) is 8.12. The van der Waals surface area contributed by atoms with Crippen LogP contribution in [0.2, 0.25) is 5.02 Å². The van der Waals surface area contributed by atoms with Crippen LogP contribution in [0.15, 0.2) is 28.8 Å². The zero-order chi connectivity index (χ0) is 26.3. The molecule has 8 nitrogen and oxygen atoms in total. The number of carbonyl (C=O) groups excluding carboxylic acids is 2. The van der Waals surface area contributed by atoms with Crippen molar-refractivity contribution in [2.24, 2.45) is 23.2 Å². The molecule has 5 fully saturated rings. The van der Waals surface area contributed by atoms with Crippen molar-refractivity contribution in [3.05, 3.63) is 35.2 Å². The van der Waals surface area contributed by atoms with E-state index in [1.807, 2.05) is 17.0 Å². The second kappa shape index (κ2) is 10.6. The lowest BCUT2D eigenvalue weighted by Crippen LogP contribution is -2.56. The highest BCUT2D eigenvalue weighted by Gasteiger charge is 2.55. The zero-order valence-electron chi connectivity index (χ0n) is 22.1. The highest BCUT2D eigenvalue weighted by Crippen LogP contribution is 2.60. The first-order chi connectivity index (χ1) is 18.4. The average molecular weight is 541 g/mol. The second-order valence-corrected chi connectivity index (χ2v) is 12.4. The summed E-state index contributed by atoms with van der Waals surface area (Å²) in [6.45, 7) is 1.54. The van der Waals surface area contributed by atoms with Gasteiger partial charge in [-0.3, -0.25) is 9.59 Å². The van der Waals surface area contributed by atoms with Gasteiger partial charge in [0.1, 0.15) is 6.04 Å². The molecule has 0 radical (unpaired) electrons. The molecule has 0 N–H and O–H groups in total. The molecule has 204 valence electrons. The van der Waals surface area contributed by atoms with Crippen LogP contribution in [0.25, 0.3) is 11.4 Å². The number of rotatable bonds is 8. The van der Waals surface area contributed by atoms with Gasteiger partial charge in [-0.15, -0.1) is 0 Å². The van der Waals surface area contributed by atoms with Crippen LogP contribution in [-0.2, 0) is 14.3 Å². The fourth-order valence-electron chi connectivity index (χ4n) is 7.99. The van der Waals surface area contributed by atoms with Gasteiger partial charge < -0.3 is 19.1 Å². The number of benzene rings is 1. The Kier molecular flexibility index (Phi) is 7.20. The molecule has 2 heterocycles. The Morgan fingerprint density at radius 1 is 1.11 bits per heavy atom. The summed E-state index contributed by atoms with van der Waals surface area (Å²) >= 11 is 6.02. The van der Waals surface area contributed by atoms with E-state index in [0.29, 0.717) is 54.2 Å². The molecule has 0 spiro atoms. The number of piperidine rings is 1. The number of amides is 2. The number of hydrogen-bond donors (Lipinski definition) is 0. The van der Waals surface area contributed by atoms with E-state index in [1.165, 1.54) is 19.3 Å². The standard InChI is InChI=1S/C29H37ClN4O4/c1-37-11-10-33(28(36)29-15-19-12-20(16-29)14-21(13-19)17-29)18-25(35)34-9-3-2-4-24(34)27-31-26(32-38-27)22-5-7-23(30)8-6-22/h5-8,19-21,24H,2-4,9-18H2,1H3. The van der Waals surface area contributed by atoms with Crippen LogP contribution in [0.3, 0.4) is 0 Å². The summed E-state index contributed by atoms with van der Waals surface area (Å²) in [7, 11) is 1.64. The minimum Gasteiger partial charge on any atom is -0.383 e. The maximum absolute atomic E-state index is 14.1. The van der Waals surface area contributed by atoms with Crippen LogP contribution in [0, 0.1) is 23.2 Å². The molecule has 7 rings (SSSR count). The van der Waals surface area contributed by atoms with Gasteiger partial charge in [0.15, 0.2) is 0 Å². The van der Waals surface area contributed by atoms with E-state index in [0.717, 1.165) is 44.1 Å². The van der Waals surface area contributed by atoms with Crippen molar-refractivity contribution >= 4 is 23.4 Å². The quantitative estimate of drug-likeness (QED) is 0.461. The molecule has 4 bridgehead atoms. The van der Waals surface area contributed by atoms with E-state index in [1.54, 1.807) is 24.1 Å². The largest absolute Gasteiger partial charge is 0.383 e. The van der Waals surface area contributed by atoms with Gasteiger partial charge in [-0.1, -0.05) is 16.8 Å². The number of methoxy groups -OCH3 is 1. The maximum atomic E-state index is 14.1. The second-order valence-electron chi connectivity index (χ2n) is 12.0. The number of carbonyl (C=O) groups is 2. The molecule has 9 heteroatoms. The van der Waals surface area contributed by atoms with Crippen LogP contribution >= 0.6 is 11.6 Å². The SMILES string of the molecule is COCCN(CC(=O)N1CCCCC1c1nc(-c2ccc(Cl)cc2)no1)C(=O)C12CC3CC(CC(C3)C1)C2.